The Hall–Kier alpha value is -1.56. The van der Waals surface area contributed by atoms with Gasteiger partial charge in [0.25, 0.3) is 0 Å². The number of aldehydes is 1. The van der Waals surface area contributed by atoms with Crippen molar-refractivity contribution in [3.05, 3.63) is 22.0 Å². The Morgan fingerprint density at radius 1 is 1.44 bits per heavy atom. The third kappa shape index (κ3) is 1.65. The fourth-order valence-corrected chi connectivity index (χ4v) is 2.32. The molecule has 16 heavy (non-hydrogen) atoms. The van der Waals surface area contributed by atoms with E-state index >= 15 is 0 Å². The molecule has 0 bridgehead atoms. The lowest BCUT2D eigenvalue weighted by Gasteiger charge is -1.98. The lowest BCUT2D eigenvalue weighted by molar-refractivity contribution is 0.111. The second kappa shape index (κ2) is 4.13. The van der Waals surface area contributed by atoms with Gasteiger partial charge in [-0.1, -0.05) is 23.5 Å². The van der Waals surface area contributed by atoms with E-state index in [2.05, 4.69) is 15.3 Å². The molecule has 0 saturated carbocycles. The standard InChI is InChI=1S/C10H12N4OS/c1-4-9-8(5-15)12-13-14(9)10-11-6(2)7(3)16-10/h5H,4H2,1-3H3. The molecule has 0 atom stereocenters. The van der Waals surface area contributed by atoms with Crippen LogP contribution in [-0.4, -0.2) is 26.3 Å². The van der Waals surface area contributed by atoms with Gasteiger partial charge in [0.2, 0.25) is 5.13 Å². The number of aryl methyl sites for hydroxylation is 2. The molecule has 2 aromatic rings. The molecule has 0 radical (unpaired) electrons. The predicted octanol–water partition coefficient (Wildman–Crippen LogP) is 1.72. The highest BCUT2D eigenvalue weighted by atomic mass is 32.1. The van der Waals surface area contributed by atoms with E-state index in [1.807, 2.05) is 20.8 Å². The SMILES string of the molecule is CCc1c(C=O)nnn1-c1nc(C)c(C)s1. The van der Waals surface area contributed by atoms with E-state index in [0.717, 1.165) is 27.7 Å². The predicted molar refractivity (Wildman–Crippen MR) is 61.3 cm³/mol. The van der Waals surface area contributed by atoms with Gasteiger partial charge >= 0.3 is 0 Å². The minimum Gasteiger partial charge on any atom is -0.296 e. The van der Waals surface area contributed by atoms with E-state index in [1.165, 1.54) is 0 Å². The second-order valence-electron chi connectivity index (χ2n) is 3.44. The van der Waals surface area contributed by atoms with Crippen LogP contribution >= 0.6 is 11.3 Å². The van der Waals surface area contributed by atoms with Crippen LogP contribution in [0.1, 0.15) is 33.7 Å². The number of rotatable bonds is 3. The third-order valence-corrected chi connectivity index (χ3v) is 3.49. The van der Waals surface area contributed by atoms with Crippen LogP contribution in [0.2, 0.25) is 0 Å². The first-order valence-corrected chi connectivity index (χ1v) is 5.83. The molecule has 0 aliphatic heterocycles. The number of nitrogens with zero attached hydrogens (tertiary/aromatic N) is 4. The van der Waals surface area contributed by atoms with Crippen LogP contribution in [0, 0.1) is 13.8 Å². The van der Waals surface area contributed by atoms with Gasteiger partial charge in [0.1, 0.15) is 5.69 Å². The van der Waals surface area contributed by atoms with Crippen molar-refractivity contribution in [2.75, 3.05) is 0 Å². The summed E-state index contributed by atoms with van der Waals surface area (Å²) in [5.41, 5.74) is 2.20. The van der Waals surface area contributed by atoms with E-state index in [4.69, 9.17) is 0 Å². The molecule has 6 heteroatoms. The van der Waals surface area contributed by atoms with Gasteiger partial charge in [0.15, 0.2) is 6.29 Å². The van der Waals surface area contributed by atoms with Crippen LogP contribution in [0.5, 0.6) is 0 Å². The Bertz CT molecular complexity index is 509. The molecule has 0 N–H and O–H groups in total. The second-order valence-corrected chi connectivity index (χ2v) is 4.62. The zero-order valence-corrected chi connectivity index (χ0v) is 10.2. The molecule has 0 aliphatic rings. The lowest BCUT2D eigenvalue weighted by atomic mass is 10.3. The minimum absolute atomic E-state index is 0.396. The summed E-state index contributed by atoms with van der Waals surface area (Å²) < 4.78 is 1.65. The van der Waals surface area contributed by atoms with Crippen LogP contribution in [0.3, 0.4) is 0 Å². The van der Waals surface area contributed by atoms with Crippen molar-refractivity contribution < 1.29 is 4.79 Å². The number of carbonyl (C=O) groups excluding carboxylic acids is 1. The molecule has 0 unspecified atom stereocenters. The molecule has 0 saturated heterocycles. The molecular weight excluding hydrogens is 224 g/mol. The van der Waals surface area contributed by atoms with Gasteiger partial charge in [-0.25, -0.2) is 4.98 Å². The van der Waals surface area contributed by atoms with E-state index in [1.54, 1.807) is 16.0 Å². The summed E-state index contributed by atoms with van der Waals surface area (Å²) in [6.07, 6.45) is 1.44. The largest absolute Gasteiger partial charge is 0.296 e. The topological polar surface area (TPSA) is 60.7 Å². The quantitative estimate of drug-likeness (QED) is 0.761. The number of aromatic nitrogens is 4. The summed E-state index contributed by atoms with van der Waals surface area (Å²) in [7, 11) is 0. The zero-order valence-electron chi connectivity index (χ0n) is 9.39. The van der Waals surface area contributed by atoms with Gasteiger partial charge in [-0.05, 0) is 20.3 Å². The fraction of sp³-hybridized carbons (Fsp3) is 0.400. The fourth-order valence-electron chi connectivity index (χ4n) is 1.44. The van der Waals surface area contributed by atoms with Crippen molar-refractivity contribution in [1.29, 1.82) is 0 Å². The van der Waals surface area contributed by atoms with Crippen molar-refractivity contribution in [2.45, 2.75) is 27.2 Å². The first kappa shape index (κ1) is 10.9. The van der Waals surface area contributed by atoms with Gasteiger partial charge < -0.3 is 0 Å². The van der Waals surface area contributed by atoms with Gasteiger partial charge in [-0.15, -0.1) is 5.10 Å². The van der Waals surface area contributed by atoms with Gasteiger partial charge in [0, 0.05) is 4.88 Å². The maximum absolute atomic E-state index is 10.8. The third-order valence-electron chi connectivity index (χ3n) is 2.44. The van der Waals surface area contributed by atoms with Gasteiger partial charge in [-0.3, -0.25) is 4.79 Å². The van der Waals surface area contributed by atoms with E-state index in [0.29, 0.717) is 12.1 Å². The first-order valence-electron chi connectivity index (χ1n) is 5.01. The normalized spacial score (nSPS) is 10.7. The molecule has 0 aliphatic carbocycles. The highest BCUT2D eigenvalue weighted by molar-refractivity contribution is 7.14. The Labute approximate surface area is 97.1 Å². The van der Waals surface area contributed by atoms with Gasteiger partial charge in [0.05, 0.1) is 11.4 Å². The Morgan fingerprint density at radius 3 is 2.69 bits per heavy atom. The van der Waals surface area contributed by atoms with Crippen molar-refractivity contribution in [3.8, 4) is 5.13 Å². The van der Waals surface area contributed by atoms with Crippen molar-refractivity contribution in [3.63, 3.8) is 0 Å². The summed E-state index contributed by atoms with van der Waals surface area (Å²) in [6, 6.07) is 0. The zero-order chi connectivity index (χ0) is 11.7. The molecule has 5 nitrogen and oxygen atoms in total. The molecule has 0 fully saturated rings. The van der Waals surface area contributed by atoms with Crippen LogP contribution in [0.15, 0.2) is 0 Å². The first-order chi connectivity index (χ1) is 7.67. The van der Waals surface area contributed by atoms with Crippen LogP contribution < -0.4 is 0 Å². The average Bonchev–Trinajstić information content (AvgIpc) is 2.82. The molecule has 0 spiro atoms. The van der Waals surface area contributed by atoms with E-state index < -0.39 is 0 Å². The molecule has 2 aromatic heterocycles. The summed E-state index contributed by atoms with van der Waals surface area (Å²) >= 11 is 1.55. The van der Waals surface area contributed by atoms with Crippen molar-refractivity contribution >= 4 is 17.6 Å². The van der Waals surface area contributed by atoms with Crippen molar-refractivity contribution in [2.24, 2.45) is 0 Å². The summed E-state index contributed by atoms with van der Waals surface area (Å²) in [4.78, 5) is 16.3. The number of thiazole rings is 1. The van der Waals surface area contributed by atoms with Gasteiger partial charge in [-0.2, -0.15) is 4.68 Å². The number of hydrogen-bond acceptors (Lipinski definition) is 5. The summed E-state index contributed by atoms with van der Waals surface area (Å²) in [5.74, 6) is 0. The monoisotopic (exact) mass is 236 g/mol. The maximum atomic E-state index is 10.8. The smallest absolute Gasteiger partial charge is 0.212 e. The van der Waals surface area contributed by atoms with Crippen LogP contribution in [-0.2, 0) is 6.42 Å². The summed E-state index contributed by atoms with van der Waals surface area (Å²) in [5, 5.41) is 8.57. The molecule has 0 amide bonds. The Kier molecular flexibility index (Phi) is 2.82. The molecule has 84 valence electrons. The van der Waals surface area contributed by atoms with E-state index in [-0.39, 0.29) is 0 Å². The molecular formula is C10H12N4OS. The summed E-state index contributed by atoms with van der Waals surface area (Å²) in [6.45, 7) is 5.94. The number of carbonyl (C=O) groups is 1. The lowest BCUT2D eigenvalue weighted by Crippen LogP contribution is -2.02. The van der Waals surface area contributed by atoms with Crippen LogP contribution in [0.25, 0.3) is 5.13 Å². The maximum Gasteiger partial charge on any atom is 0.212 e. The highest BCUT2D eigenvalue weighted by Crippen LogP contribution is 2.21. The van der Waals surface area contributed by atoms with Crippen LogP contribution in [0.4, 0.5) is 0 Å². The van der Waals surface area contributed by atoms with Crippen molar-refractivity contribution in [1.82, 2.24) is 20.0 Å². The number of hydrogen-bond donors (Lipinski definition) is 0. The Balaban J connectivity index is 2.55. The molecule has 2 heterocycles. The minimum atomic E-state index is 0.396. The van der Waals surface area contributed by atoms with E-state index in [9.17, 15) is 4.79 Å². The highest BCUT2D eigenvalue weighted by Gasteiger charge is 2.15. The Morgan fingerprint density at radius 2 is 2.19 bits per heavy atom. The molecule has 0 aromatic carbocycles. The molecule has 2 rings (SSSR count). The average molecular weight is 236 g/mol.